The Kier molecular flexibility index (Phi) is 4.59. The number of hydrogen-bond acceptors (Lipinski definition) is 3. The largest absolute Gasteiger partial charge is 0.269 e. The molecule has 0 bridgehead atoms. The Morgan fingerprint density at radius 3 is 2.33 bits per heavy atom. The molecule has 0 aliphatic rings. The van der Waals surface area contributed by atoms with Crippen molar-refractivity contribution in [3.05, 3.63) is 73.8 Å². The number of allylic oxidation sites excluding steroid dienone is 1. The molecule has 0 spiro atoms. The van der Waals surface area contributed by atoms with Gasteiger partial charge in [-0.1, -0.05) is 29.3 Å². The van der Waals surface area contributed by atoms with Gasteiger partial charge in [0.05, 0.1) is 26.6 Å². The average molecular weight is 319 g/mol. The number of nitriles is 1. The summed E-state index contributed by atoms with van der Waals surface area (Å²) in [6.07, 6.45) is 1.63. The maximum atomic E-state index is 10.6. The minimum atomic E-state index is -0.475. The molecule has 2 rings (SSSR count). The first-order valence-corrected chi connectivity index (χ1v) is 6.58. The molecule has 0 heterocycles. The van der Waals surface area contributed by atoms with Crippen LogP contribution in [-0.4, -0.2) is 4.92 Å². The summed E-state index contributed by atoms with van der Waals surface area (Å²) >= 11 is 11.8. The Morgan fingerprint density at radius 2 is 1.81 bits per heavy atom. The van der Waals surface area contributed by atoms with Gasteiger partial charge in [0.1, 0.15) is 0 Å². The third-order valence-electron chi connectivity index (χ3n) is 2.77. The highest BCUT2D eigenvalue weighted by atomic mass is 35.5. The van der Waals surface area contributed by atoms with Gasteiger partial charge in [-0.3, -0.25) is 10.1 Å². The maximum Gasteiger partial charge on any atom is 0.269 e. The zero-order valence-corrected chi connectivity index (χ0v) is 12.1. The lowest BCUT2D eigenvalue weighted by Crippen LogP contribution is -1.87. The van der Waals surface area contributed by atoms with Crippen LogP contribution in [0.1, 0.15) is 11.1 Å². The number of hydrogen-bond donors (Lipinski definition) is 0. The van der Waals surface area contributed by atoms with Crippen LogP contribution in [-0.2, 0) is 0 Å². The highest BCUT2D eigenvalue weighted by molar-refractivity contribution is 6.42. The molecule has 0 aromatic heterocycles. The van der Waals surface area contributed by atoms with E-state index in [4.69, 9.17) is 23.2 Å². The molecular formula is C15H8Cl2N2O2. The summed E-state index contributed by atoms with van der Waals surface area (Å²) in [5, 5.41) is 20.6. The molecule has 0 saturated carbocycles. The minimum Gasteiger partial charge on any atom is -0.258 e. The predicted octanol–water partition coefficient (Wildman–Crippen LogP) is 4.97. The highest BCUT2D eigenvalue weighted by Gasteiger charge is 2.06. The van der Waals surface area contributed by atoms with E-state index in [1.807, 2.05) is 0 Å². The predicted molar refractivity (Wildman–Crippen MR) is 83.0 cm³/mol. The Bertz CT molecular complexity index is 762. The number of rotatable bonds is 3. The molecular weight excluding hydrogens is 311 g/mol. The van der Waals surface area contributed by atoms with Gasteiger partial charge in [0.25, 0.3) is 5.69 Å². The van der Waals surface area contributed by atoms with Crippen molar-refractivity contribution in [2.24, 2.45) is 0 Å². The zero-order valence-electron chi connectivity index (χ0n) is 10.6. The van der Waals surface area contributed by atoms with Crippen LogP contribution in [0.25, 0.3) is 11.6 Å². The fourth-order valence-electron chi connectivity index (χ4n) is 1.70. The minimum absolute atomic E-state index is 0.000181. The lowest BCUT2D eigenvalue weighted by molar-refractivity contribution is -0.384. The van der Waals surface area contributed by atoms with E-state index >= 15 is 0 Å². The maximum absolute atomic E-state index is 10.6. The standard InChI is InChI=1S/C15H8Cl2N2O2/c16-14-6-3-11(8-15(14)17)12(9-18)7-10-1-4-13(5-2-10)19(20)21/h1-8H/b12-7-. The molecule has 0 saturated heterocycles. The Morgan fingerprint density at radius 1 is 1.14 bits per heavy atom. The van der Waals surface area contributed by atoms with Crippen molar-refractivity contribution in [1.29, 1.82) is 5.26 Å². The molecule has 2 aromatic carbocycles. The summed E-state index contributed by atoms with van der Waals surface area (Å²) < 4.78 is 0. The second-order valence-electron chi connectivity index (χ2n) is 4.15. The van der Waals surface area contributed by atoms with Crippen molar-refractivity contribution in [3.8, 4) is 6.07 Å². The van der Waals surface area contributed by atoms with Gasteiger partial charge in [-0.15, -0.1) is 0 Å². The molecule has 0 radical (unpaired) electrons. The highest BCUT2D eigenvalue weighted by Crippen LogP contribution is 2.27. The average Bonchev–Trinajstić information content (AvgIpc) is 2.48. The van der Waals surface area contributed by atoms with Crippen LogP contribution in [0, 0.1) is 21.4 Å². The molecule has 104 valence electrons. The third-order valence-corrected chi connectivity index (χ3v) is 3.50. The van der Waals surface area contributed by atoms with Gasteiger partial charge < -0.3 is 0 Å². The fraction of sp³-hybridized carbons (Fsp3) is 0. The number of halogens is 2. The van der Waals surface area contributed by atoms with E-state index in [1.54, 1.807) is 36.4 Å². The summed E-state index contributed by atoms with van der Waals surface area (Å²) in [5.41, 5.74) is 1.70. The van der Waals surface area contributed by atoms with Crippen molar-refractivity contribution in [2.45, 2.75) is 0 Å². The van der Waals surface area contributed by atoms with Crippen LogP contribution in [0.4, 0.5) is 5.69 Å². The van der Waals surface area contributed by atoms with Crippen molar-refractivity contribution >= 4 is 40.5 Å². The second-order valence-corrected chi connectivity index (χ2v) is 4.96. The summed E-state index contributed by atoms with van der Waals surface area (Å²) in [6, 6.07) is 12.9. The second kappa shape index (κ2) is 6.40. The van der Waals surface area contributed by atoms with Crippen molar-refractivity contribution in [1.82, 2.24) is 0 Å². The van der Waals surface area contributed by atoms with E-state index < -0.39 is 4.92 Å². The smallest absolute Gasteiger partial charge is 0.258 e. The molecule has 0 unspecified atom stereocenters. The van der Waals surface area contributed by atoms with E-state index in [2.05, 4.69) is 6.07 Å². The molecule has 0 N–H and O–H groups in total. The first kappa shape index (κ1) is 15.0. The Hall–Kier alpha value is -2.35. The van der Waals surface area contributed by atoms with Gasteiger partial charge in [-0.2, -0.15) is 5.26 Å². The normalized spacial score (nSPS) is 11.0. The number of nitro benzene ring substituents is 1. The Labute approximate surface area is 131 Å². The summed E-state index contributed by atoms with van der Waals surface area (Å²) in [5.74, 6) is 0. The van der Waals surface area contributed by atoms with Gasteiger partial charge in [-0.25, -0.2) is 0 Å². The molecule has 4 nitrogen and oxygen atoms in total. The van der Waals surface area contributed by atoms with E-state index in [1.165, 1.54) is 12.1 Å². The van der Waals surface area contributed by atoms with Crippen molar-refractivity contribution in [3.63, 3.8) is 0 Å². The zero-order chi connectivity index (χ0) is 15.4. The van der Waals surface area contributed by atoms with Crippen molar-refractivity contribution in [2.75, 3.05) is 0 Å². The molecule has 0 aliphatic heterocycles. The number of nitro groups is 1. The lowest BCUT2D eigenvalue weighted by atomic mass is 10.0. The summed E-state index contributed by atoms with van der Waals surface area (Å²) in [4.78, 5) is 10.1. The summed E-state index contributed by atoms with van der Waals surface area (Å²) in [7, 11) is 0. The quantitative estimate of drug-likeness (QED) is 0.347. The molecule has 2 aromatic rings. The van der Waals surface area contributed by atoms with Gasteiger partial charge in [0.2, 0.25) is 0 Å². The molecule has 0 aliphatic carbocycles. The summed E-state index contributed by atoms with van der Waals surface area (Å²) in [6.45, 7) is 0. The van der Waals surface area contributed by atoms with Crippen LogP contribution >= 0.6 is 23.2 Å². The fourth-order valence-corrected chi connectivity index (χ4v) is 2.00. The van der Waals surface area contributed by atoms with Gasteiger partial charge >= 0.3 is 0 Å². The number of benzene rings is 2. The molecule has 6 heteroatoms. The first-order chi connectivity index (χ1) is 10.0. The van der Waals surface area contributed by atoms with Gasteiger partial charge in [-0.05, 0) is 41.5 Å². The van der Waals surface area contributed by atoms with E-state index in [0.29, 0.717) is 26.7 Å². The van der Waals surface area contributed by atoms with E-state index in [0.717, 1.165) is 0 Å². The number of non-ortho nitro benzene ring substituents is 1. The molecule has 0 fully saturated rings. The first-order valence-electron chi connectivity index (χ1n) is 5.83. The molecule has 0 amide bonds. The van der Waals surface area contributed by atoms with E-state index in [-0.39, 0.29) is 5.69 Å². The lowest BCUT2D eigenvalue weighted by Gasteiger charge is -2.02. The van der Waals surface area contributed by atoms with Crippen LogP contribution in [0.3, 0.4) is 0 Å². The third kappa shape index (κ3) is 3.60. The van der Waals surface area contributed by atoms with E-state index in [9.17, 15) is 15.4 Å². The van der Waals surface area contributed by atoms with Gasteiger partial charge in [0, 0.05) is 12.1 Å². The topological polar surface area (TPSA) is 66.9 Å². The molecule has 21 heavy (non-hydrogen) atoms. The Balaban J connectivity index is 2.38. The van der Waals surface area contributed by atoms with Crippen LogP contribution in [0.2, 0.25) is 10.0 Å². The van der Waals surface area contributed by atoms with Gasteiger partial charge in [0.15, 0.2) is 0 Å². The van der Waals surface area contributed by atoms with Crippen LogP contribution in [0.15, 0.2) is 42.5 Å². The monoisotopic (exact) mass is 318 g/mol. The SMILES string of the molecule is N#C/C(=C/c1ccc([N+](=O)[O-])cc1)c1ccc(Cl)c(Cl)c1. The molecule has 0 atom stereocenters. The number of nitrogens with zero attached hydrogens (tertiary/aromatic N) is 2. The van der Waals surface area contributed by atoms with Crippen molar-refractivity contribution < 1.29 is 4.92 Å². The van der Waals surface area contributed by atoms with Crippen LogP contribution < -0.4 is 0 Å². The van der Waals surface area contributed by atoms with Crippen LogP contribution in [0.5, 0.6) is 0 Å².